The van der Waals surface area contributed by atoms with Crippen molar-refractivity contribution in [3.05, 3.63) is 36.0 Å². The summed E-state index contributed by atoms with van der Waals surface area (Å²) in [6.45, 7) is 8.11. The average molecular weight is 190 g/mol. The predicted molar refractivity (Wildman–Crippen MR) is 60.0 cm³/mol. The van der Waals surface area contributed by atoms with Crippen LogP contribution in [0.4, 0.5) is 0 Å². The Morgan fingerprint density at radius 2 is 2.14 bits per heavy atom. The molecule has 76 valence electrons. The van der Waals surface area contributed by atoms with Crippen LogP contribution < -0.4 is 0 Å². The molecule has 0 aromatic rings. The monoisotopic (exact) mass is 190 g/mol. The van der Waals surface area contributed by atoms with E-state index >= 15 is 0 Å². The van der Waals surface area contributed by atoms with E-state index < -0.39 is 0 Å². The summed E-state index contributed by atoms with van der Waals surface area (Å²) in [5, 5.41) is 0. The Bertz CT molecular complexity index is 316. The van der Waals surface area contributed by atoms with Crippen LogP contribution in [0.2, 0.25) is 0 Å². The van der Waals surface area contributed by atoms with Crippen LogP contribution in [0.25, 0.3) is 0 Å². The Morgan fingerprint density at radius 1 is 1.50 bits per heavy atom. The highest BCUT2D eigenvalue weighted by Gasteiger charge is 2.34. The Balaban J connectivity index is 3.01. The third-order valence-corrected chi connectivity index (χ3v) is 2.70. The number of rotatable bonds is 2. The molecule has 1 nitrogen and oxygen atoms in total. The zero-order chi connectivity index (χ0) is 10.8. The summed E-state index contributed by atoms with van der Waals surface area (Å²) in [5.74, 6) is 0.208. The molecule has 0 N–H and O–H groups in total. The Morgan fingerprint density at radius 3 is 2.64 bits per heavy atom. The van der Waals surface area contributed by atoms with Crippen LogP contribution >= 0.6 is 0 Å². The summed E-state index contributed by atoms with van der Waals surface area (Å²) in [6.07, 6.45) is 9.64. The van der Waals surface area contributed by atoms with E-state index in [0.29, 0.717) is 0 Å². The van der Waals surface area contributed by atoms with Gasteiger partial charge in [-0.2, -0.15) is 0 Å². The van der Waals surface area contributed by atoms with Gasteiger partial charge in [-0.1, -0.05) is 43.7 Å². The largest absolute Gasteiger partial charge is 0.294 e. The maximum absolute atomic E-state index is 11.9. The first-order valence-corrected chi connectivity index (χ1v) is 5.01. The van der Waals surface area contributed by atoms with Crippen LogP contribution in [0.5, 0.6) is 0 Å². The first-order valence-electron chi connectivity index (χ1n) is 5.01. The number of hydrogen-bond donors (Lipinski definition) is 0. The lowest BCUT2D eigenvalue weighted by Gasteiger charge is -2.32. The fourth-order valence-corrected chi connectivity index (χ4v) is 2.08. The fraction of sp³-hybridized carbons (Fsp3) is 0.462. The lowest BCUT2D eigenvalue weighted by atomic mass is 9.70. The summed E-state index contributed by atoms with van der Waals surface area (Å²) in [5.41, 5.74) is 1.09. The molecule has 0 heterocycles. The van der Waals surface area contributed by atoms with Crippen molar-refractivity contribution in [2.45, 2.75) is 27.7 Å². The van der Waals surface area contributed by atoms with Gasteiger partial charge in [-0.05, 0) is 25.3 Å². The second-order valence-corrected chi connectivity index (χ2v) is 4.43. The predicted octanol–water partition coefficient (Wildman–Crippen LogP) is 3.29. The molecule has 0 saturated carbocycles. The van der Waals surface area contributed by atoms with Gasteiger partial charge >= 0.3 is 0 Å². The second-order valence-electron chi connectivity index (χ2n) is 4.43. The van der Waals surface area contributed by atoms with Gasteiger partial charge in [0.15, 0.2) is 5.78 Å². The summed E-state index contributed by atoms with van der Waals surface area (Å²) >= 11 is 0. The molecular weight excluding hydrogens is 172 g/mol. The van der Waals surface area contributed by atoms with Crippen LogP contribution in [0, 0.1) is 11.3 Å². The number of ketones is 1. The molecule has 0 saturated heterocycles. The molecular formula is C13H18O. The van der Waals surface area contributed by atoms with Gasteiger partial charge in [0.2, 0.25) is 0 Å². The van der Waals surface area contributed by atoms with Crippen LogP contribution in [-0.4, -0.2) is 5.78 Å². The van der Waals surface area contributed by atoms with Crippen molar-refractivity contribution in [2.75, 3.05) is 0 Å². The smallest absolute Gasteiger partial charge is 0.163 e. The van der Waals surface area contributed by atoms with E-state index in [4.69, 9.17) is 0 Å². The fourth-order valence-electron chi connectivity index (χ4n) is 2.08. The second kappa shape index (κ2) is 3.95. The van der Waals surface area contributed by atoms with E-state index in [2.05, 4.69) is 19.9 Å². The molecule has 1 unspecified atom stereocenters. The summed E-state index contributed by atoms with van der Waals surface area (Å²) < 4.78 is 0. The average Bonchev–Trinajstić information content (AvgIpc) is 2.02. The normalized spacial score (nSPS) is 25.1. The Kier molecular flexibility index (Phi) is 3.10. The summed E-state index contributed by atoms with van der Waals surface area (Å²) in [4.78, 5) is 11.9. The number of carbonyl (C=O) groups excluding carboxylic acids is 1. The highest BCUT2D eigenvalue weighted by Crippen LogP contribution is 2.37. The maximum Gasteiger partial charge on any atom is 0.163 e. The van der Waals surface area contributed by atoms with E-state index in [1.165, 1.54) is 0 Å². The van der Waals surface area contributed by atoms with Crippen molar-refractivity contribution in [2.24, 2.45) is 11.3 Å². The summed E-state index contributed by atoms with van der Waals surface area (Å²) in [7, 11) is 0. The summed E-state index contributed by atoms with van der Waals surface area (Å²) in [6, 6.07) is 0. The third kappa shape index (κ3) is 2.03. The molecule has 0 spiro atoms. The van der Waals surface area contributed by atoms with Crippen molar-refractivity contribution < 1.29 is 4.79 Å². The van der Waals surface area contributed by atoms with E-state index in [9.17, 15) is 4.79 Å². The van der Waals surface area contributed by atoms with Crippen LogP contribution in [0.3, 0.4) is 0 Å². The molecule has 0 bridgehead atoms. The van der Waals surface area contributed by atoms with Gasteiger partial charge in [0.25, 0.3) is 0 Å². The molecule has 0 amide bonds. The van der Waals surface area contributed by atoms with Gasteiger partial charge in [0.1, 0.15) is 0 Å². The lowest BCUT2D eigenvalue weighted by molar-refractivity contribution is -0.119. The third-order valence-electron chi connectivity index (χ3n) is 2.70. The van der Waals surface area contributed by atoms with Crippen LogP contribution in [-0.2, 0) is 4.79 Å². The van der Waals surface area contributed by atoms with Gasteiger partial charge in [0, 0.05) is 0 Å². The molecule has 0 aromatic heterocycles. The minimum atomic E-state index is -0.0601. The molecule has 1 aliphatic carbocycles. The molecule has 1 heteroatoms. The van der Waals surface area contributed by atoms with Crippen LogP contribution in [0.15, 0.2) is 36.0 Å². The van der Waals surface area contributed by atoms with Crippen molar-refractivity contribution in [3.63, 3.8) is 0 Å². The van der Waals surface area contributed by atoms with Crippen LogP contribution in [0.1, 0.15) is 27.7 Å². The first kappa shape index (κ1) is 11.0. The Hall–Kier alpha value is -1.11. The molecule has 0 aromatic carbocycles. The molecule has 0 radical (unpaired) electrons. The highest BCUT2D eigenvalue weighted by atomic mass is 16.1. The van der Waals surface area contributed by atoms with Crippen molar-refractivity contribution in [1.29, 1.82) is 0 Å². The van der Waals surface area contributed by atoms with E-state index in [0.717, 1.165) is 5.57 Å². The van der Waals surface area contributed by atoms with E-state index in [1.54, 1.807) is 6.08 Å². The highest BCUT2D eigenvalue weighted by molar-refractivity contribution is 5.94. The van der Waals surface area contributed by atoms with Crippen molar-refractivity contribution in [1.82, 2.24) is 0 Å². The standard InChI is InChI=1S/C13H18O/c1-5-7-11(14)12-10(2)8-6-9-13(12,3)4/h5-9,12H,1-4H3/b7-5+. The number of hydrogen-bond acceptors (Lipinski definition) is 1. The zero-order valence-electron chi connectivity index (χ0n) is 9.37. The SMILES string of the molecule is C/C=C/C(=O)C1C(C)=CC=CC1(C)C. The lowest BCUT2D eigenvalue weighted by Crippen LogP contribution is -2.31. The van der Waals surface area contributed by atoms with Gasteiger partial charge in [-0.15, -0.1) is 0 Å². The number of carbonyl (C=O) groups is 1. The van der Waals surface area contributed by atoms with Gasteiger partial charge in [-0.3, -0.25) is 4.79 Å². The molecule has 1 rings (SSSR count). The first-order chi connectivity index (χ1) is 6.49. The zero-order valence-corrected chi connectivity index (χ0v) is 9.37. The van der Waals surface area contributed by atoms with Crippen molar-refractivity contribution in [3.8, 4) is 0 Å². The quantitative estimate of drug-likeness (QED) is 0.611. The minimum Gasteiger partial charge on any atom is -0.294 e. The van der Waals surface area contributed by atoms with E-state index in [-0.39, 0.29) is 17.1 Å². The van der Waals surface area contributed by atoms with Gasteiger partial charge in [-0.25, -0.2) is 0 Å². The molecule has 14 heavy (non-hydrogen) atoms. The molecule has 0 fully saturated rings. The Labute approximate surface area is 86.2 Å². The molecule has 0 aliphatic heterocycles. The molecule has 1 aliphatic rings. The van der Waals surface area contributed by atoms with Gasteiger partial charge < -0.3 is 0 Å². The minimum absolute atomic E-state index is 0.00343. The van der Waals surface area contributed by atoms with Gasteiger partial charge in [0.05, 0.1) is 5.92 Å². The topological polar surface area (TPSA) is 17.1 Å². The van der Waals surface area contributed by atoms with E-state index in [1.807, 2.05) is 32.1 Å². The number of allylic oxidation sites excluding steroid dienone is 6. The van der Waals surface area contributed by atoms with Crippen molar-refractivity contribution >= 4 is 5.78 Å². The maximum atomic E-state index is 11.9. The molecule has 1 atom stereocenters.